The first-order valence-corrected chi connectivity index (χ1v) is 21.7. The summed E-state index contributed by atoms with van der Waals surface area (Å²) in [5, 5.41) is 0. The molecule has 3 nitrogen and oxygen atoms in total. The summed E-state index contributed by atoms with van der Waals surface area (Å²) in [6, 6.07) is 10.6. The average Bonchev–Trinajstić information content (AvgIpc) is 2.78. The van der Waals surface area contributed by atoms with Crippen molar-refractivity contribution in [2.45, 2.75) is 99.3 Å². The van der Waals surface area contributed by atoms with Gasteiger partial charge in [-0.05, 0) is 0 Å². The fourth-order valence-corrected chi connectivity index (χ4v) is 29.6. The average molecular weight is 557 g/mol. The second-order valence-electron chi connectivity index (χ2n) is 8.54. The summed E-state index contributed by atoms with van der Waals surface area (Å²) in [5.74, 6) is 0. The number of allylic oxidation sites excluding steroid dienone is 1. The number of rotatable bonds is 18. The molecule has 1 aromatic rings. The maximum absolute atomic E-state index is 14.2. The van der Waals surface area contributed by atoms with Gasteiger partial charge in [-0.2, -0.15) is 0 Å². The summed E-state index contributed by atoms with van der Waals surface area (Å²) in [6.45, 7) is 11.6. The first kappa shape index (κ1) is 28.9. The van der Waals surface area contributed by atoms with Gasteiger partial charge in [0.1, 0.15) is 0 Å². The zero-order valence-corrected chi connectivity index (χ0v) is 24.6. The Morgan fingerprint density at radius 2 is 1.32 bits per heavy atom. The molecule has 0 atom stereocenters. The summed E-state index contributed by atoms with van der Waals surface area (Å²) in [5.41, 5.74) is 1.33. The third kappa shape index (κ3) is 9.74. The van der Waals surface area contributed by atoms with Crippen molar-refractivity contribution in [3.63, 3.8) is 0 Å². The third-order valence-electron chi connectivity index (χ3n) is 6.08. The molecule has 0 fully saturated rings. The van der Waals surface area contributed by atoms with E-state index in [1.54, 1.807) is 0 Å². The molecule has 0 amide bonds. The van der Waals surface area contributed by atoms with Crippen molar-refractivity contribution in [3.05, 3.63) is 45.3 Å². The molecule has 0 saturated carbocycles. The molecular formula is C26H47O3PSn. The van der Waals surface area contributed by atoms with Gasteiger partial charge in [0.2, 0.25) is 0 Å². The van der Waals surface area contributed by atoms with E-state index in [1.165, 1.54) is 60.7 Å². The van der Waals surface area contributed by atoms with E-state index in [0.29, 0.717) is 13.2 Å². The number of benzene rings is 1. The van der Waals surface area contributed by atoms with Gasteiger partial charge in [-0.1, -0.05) is 0 Å². The standard InChI is InChI=1S/C14H20O3P.3C4H9.Sn/c1-3-16-18(15,17-4-2)13-9-8-12-14-10-6-5-7-11-14;3*1-3-4-2;/h5-7,9-11H,3-4,8,12H2,1-2H3;3*1,3-4H2,2H3;. The molecule has 31 heavy (non-hydrogen) atoms. The zero-order valence-electron chi connectivity index (χ0n) is 20.8. The Morgan fingerprint density at radius 1 is 0.839 bits per heavy atom. The van der Waals surface area contributed by atoms with E-state index in [9.17, 15) is 4.57 Å². The van der Waals surface area contributed by atoms with Crippen molar-refractivity contribution in [2.75, 3.05) is 13.2 Å². The number of aryl methyl sites for hydroxylation is 1. The predicted molar refractivity (Wildman–Crippen MR) is 139 cm³/mol. The van der Waals surface area contributed by atoms with Gasteiger partial charge in [-0.3, -0.25) is 0 Å². The summed E-state index contributed by atoms with van der Waals surface area (Å²) in [4.78, 5) is 0. The van der Waals surface area contributed by atoms with E-state index in [1.807, 2.05) is 13.8 Å². The van der Waals surface area contributed by atoms with Crippen LogP contribution in [-0.2, 0) is 20.0 Å². The van der Waals surface area contributed by atoms with Crippen LogP contribution in [0.25, 0.3) is 0 Å². The van der Waals surface area contributed by atoms with Crippen LogP contribution >= 0.6 is 7.60 Å². The van der Waals surface area contributed by atoms with Crippen LogP contribution in [0.5, 0.6) is 0 Å². The molecule has 1 rings (SSSR count). The molecule has 0 aromatic heterocycles. The van der Waals surface area contributed by atoms with Crippen molar-refractivity contribution in [2.24, 2.45) is 0 Å². The SMILES string of the molecule is CCC[CH2][Sn]([CH2]CCC)([CH2]CCC)/[C](=C/CCc1ccccc1)P(=O)(OCC)OCC. The van der Waals surface area contributed by atoms with E-state index in [0.717, 1.165) is 12.8 Å². The molecule has 5 heteroatoms. The van der Waals surface area contributed by atoms with E-state index in [4.69, 9.17) is 9.05 Å². The van der Waals surface area contributed by atoms with Gasteiger partial charge in [0.25, 0.3) is 0 Å². The van der Waals surface area contributed by atoms with E-state index in [-0.39, 0.29) is 0 Å². The van der Waals surface area contributed by atoms with Gasteiger partial charge in [0.15, 0.2) is 0 Å². The van der Waals surface area contributed by atoms with Gasteiger partial charge < -0.3 is 0 Å². The third-order valence-corrected chi connectivity index (χ3v) is 28.5. The van der Waals surface area contributed by atoms with Crippen molar-refractivity contribution in [1.29, 1.82) is 0 Å². The quantitative estimate of drug-likeness (QED) is 0.133. The van der Waals surface area contributed by atoms with Gasteiger partial charge in [0, 0.05) is 0 Å². The molecule has 0 spiro atoms. The van der Waals surface area contributed by atoms with Crippen molar-refractivity contribution >= 4 is 26.0 Å². The van der Waals surface area contributed by atoms with E-state index < -0.39 is 26.0 Å². The van der Waals surface area contributed by atoms with Crippen LogP contribution in [0.4, 0.5) is 0 Å². The molecule has 0 bridgehead atoms. The Morgan fingerprint density at radius 3 is 1.74 bits per heavy atom. The molecule has 0 aliphatic rings. The van der Waals surface area contributed by atoms with Crippen molar-refractivity contribution < 1.29 is 13.6 Å². The molecule has 178 valence electrons. The van der Waals surface area contributed by atoms with Crippen LogP contribution in [0.3, 0.4) is 0 Å². The molecule has 0 aliphatic carbocycles. The monoisotopic (exact) mass is 558 g/mol. The maximum atomic E-state index is 14.2. The molecular weight excluding hydrogens is 510 g/mol. The molecule has 0 N–H and O–H groups in total. The molecule has 1 aromatic carbocycles. The normalized spacial score (nSPS) is 13.0. The fraction of sp³-hybridized carbons (Fsp3) is 0.692. The number of hydrogen-bond donors (Lipinski definition) is 0. The van der Waals surface area contributed by atoms with Crippen LogP contribution in [0.1, 0.15) is 85.1 Å². The molecule has 0 aliphatic heterocycles. The predicted octanol–water partition coefficient (Wildman–Crippen LogP) is 9.16. The number of unbranched alkanes of at least 4 members (excludes halogenated alkanes) is 3. The van der Waals surface area contributed by atoms with Gasteiger partial charge in [-0.15, -0.1) is 0 Å². The Labute approximate surface area is 196 Å². The Bertz CT molecular complexity index is 628. The molecule has 0 saturated heterocycles. The topological polar surface area (TPSA) is 35.5 Å². The van der Waals surface area contributed by atoms with E-state index in [2.05, 4.69) is 57.2 Å². The Hall–Kier alpha value is -0.0913. The zero-order chi connectivity index (χ0) is 23.0. The van der Waals surface area contributed by atoms with Gasteiger partial charge in [-0.25, -0.2) is 0 Å². The van der Waals surface area contributed by atoms with Crippen LogP contribution in [-0.4, -0.2) is 31.6 Å². The van der Waals surface area contributed by atoms with Crippen LogP contribution in [0.2, 0.25) is 13.3 Å². The Kier molecular flexibility index (Phi) is 15.4. The van der Waals surface area contributed by atoms with Gasteiger partial charge >= 0.3 is 197 Å². The minimum absolute atomic E-state index is 0.435. The second-order valence-corrected chi connectivity index (χ2v) is 24.9. The van der Waals surface area contributed by atoms with Crippen LogP contribution in [0, 0.1) is 0 Å². The fourth-order valence-electron chi connectivity index (χ4n) is 4.46. The molecule has 0 heterocycles. The molecule has 0 radical (unpaired) electrons. The summed E-state index contributed by atoms with van der Waals surface area (Å²) < 4.78 is 31.2. The van der Waals surface area contributed by atoms with Crippen LogP contribution < -0.4 is 0 Å². The molecule has 0 unspecified atom stereocenters. The first-order valence-electron chi connectivity index (χ1n) is 12.7. The summed E-state index contributed by atoms with van der Waals surface area (Å²) in [6.07, 6.45) is 11.5. The second kappa shape index (κ2) is 16.5. The van der Waals surface area contributed by atoms with Crippen molar-refractivity contribution in [3.8, 4) is 0 Å². The Balaban J connectivity index is 3.44. The van der Waals surface area contributed by atoms with Crippen molar-refractivity contribution in [1.82, 2.24) is 0 Å². The van der Waals surface area contributed by atoms with Crippen LogP contribution in [0.15, 0.2) is 39.7 Å². The van der Waals surface area contributed by atoms with E-state index >= 15 is 0 Å². The number of hydrogen-bond acceptors (Lipinski definition) is 3. The first-order chi connectivity index (χ1) is 15.0. The minimum atomic E-state index is -3.24. The van der Waals surface area contributed by atoms with Gasteiger partial charge in [0.05, 0.1) is 0 Å². The summed E-state index contributed by atoms with van der Waals surface area (Å²) >= 11 is -2.96. The summed E-state index contributed by atoms with van der Waals surface area (Å²) in [7, 11) is -3.24.